The Morgan fingerprint density at radius 3 is 2.58 bits per heavy atom. The Bertz CT molecular complexity index is 1040. The van der Waals surface area contributed by atoms with E-state index < -0.39 is 16.0 Å². The first-order valence-corrected chi connectivity index (χ1v) is 9.16. The number of nitrogens with one attached hydrogen (secondary N) is 1. The number of carbonyl (C=O) groups is 1. The van der Waals surface area contributed by atoms with Gasteiger partial charge in [-0.15, -0.1) is 6.42 Å². The number of para-hydroxylation sites is 1. The van der Waals surface area contributed by atoms with E-state index in [-0.39, 0.29) is 23.6 Å². The van der Waals surface area contributed by atoms with Gasteiger partial charge in [-0.3, -0.25) is 0 Å². The highest BCUT2D eigenvalue weighted by Crippen LogP contribution is 2.20. The molecule has 1 aromatic heterocycles. The van der Waals surface area contributed by atoms with Crippen LogP contribution in [0.2, 0.25) is 0 Å². The van der Waals surface area contributed by atoms with Crippen LogP contribution in [0.25, 0.3) is 11.0 Å². The lowest BCUT2D eigenvalue weighted by Gasteiger charge is -2.06. The highest BCUT2D eigenvalue weighted by molar-refractivity contribution is 7.89. The van der Waals surface area contributed by atoms with Crippen molar-refractivity contribution in [2.45, 2.75) is 11.5 Å². The van der Waals surface area contributed by atoms with Crippen LogP contribution in [0, 0.1) is 12.3 Å². The average Bonchev–Trinajstić information content (AvgIpc) is 3.07. The van der Waals surface area contributed by atoms with E-state index in [1.54, 1.807) is 6.07 Å². The summed E-state index contributed by atoms with van der Waals surface area (Å²) >= 11 is 0. The van der Waals surface area contributed by atoms with Crippen molar-refractivity contribution >= 4 is 27.0 Å². The van der Waals surface area contributed by atoms with Gasteiger partial charge in [0, 0.05) is 5.39 Å². The molecule has 0 aliphatic heterocycles. The van der Waals surface area contributed by atoms with Crippen LogP contribution in [0.5, 0.6) is 0 Å². The second-order valence-electron chi connectivity index (χ2n) is 5.38. The van der Waals surface area contributed by atoms with Crippen LogP contribution in [-0.2, 0) is 21.4 Å². The highest BCUT2D eigenvalue weighted by Gasteiger charge is 2.15. The zero-order chi connectivity index (χ0) is 18.6. The van der Waals surface area contributed by atoms with E-state index in [1.165, 1.54) is 24.3 Å². The van der Waals surface area contributed by atoms with Crippen LogP contribution in [0.3, 0.4) is 0 Å². The summed E-state index contributed by atoms with van der Waals surface area (Å²) in [6, 6.07) is 14.7. The van der Waals surface area contributed by atoms with Crippen LogP contribution in [0.1, 0.15) is 16.1 Å². The van der Waals surface area contributed by atoms with Crippen LogP contribution >= 0.6 is 0 Å². The minimum atomic E-state index is -3.69. The van der Waals surface area contributed by atoms with Gasteiger partial charge in [0.05, 0.1) is 17.0 Å². The number of hydrogen-bond donors (Lipinski definition) is 1. The number of terminal acetylenes is 1. The Morgan fingerprint density at radius 2 is 1.88 bits per heavy atom. The van der Waals surface area contributed by atoms with Gasteiger partial charge in [-0.1, -0.05) is 24.1 Å². The molecule has 0 spiro atoms. The van der Waals surface area contributed by atoms with E-state index >= 15 is 0 Å². The zero-order valence-corrected chi connectivity index (χ0v) is 14.5. The molecule has 1 heterocycles. The number of ether oxygens (including phenoxy) is 1. The summed E-state index contributed by atoms with van der Waals surface area (Å²) in [4.78, 5) is 12.1. The lowest BCUT2D eigenvalue weighted by atomic mass is 10.2. The smallest absolute Gasteiger partial charge is 0.338 e. The van der Waals surface area contributed by atoms with Crippen molar-refractivity contribution < 1.29 is 22.4 Å². The van der Waals surface area contributed by atoms with Gasteiger partial charge in [-0.2, -0.15) is 4.72 Å². The molecule has 0 radical (unpaired) electrons. The first-order valence-electron chi connectivity index (χ1n) is 7.67. The summed E-state index contributed by atoms with van der Waals surface area (Å²) in [6.45, 7) is -0.124. The maximum absolute atomic E-state index is 12.1. The van der Waals surface area contributed by atoms with Crippen molar-refractivity contribution in [3.8, 4) is 12.3 Å². The number of fused-ring (bicyclic) bond motifs is 1. The maximum Gasteiger partial charge on any atom is 0.338 e. The third kappa shape index (κ3) is 3.94. The van der Waals surface area contributed by atoms with Crippen molar-refractivity contribution in [1.29, 1.82) is 0 Å². The molecular weight excluding hydrogens is 354 g/mol. The van der Waals surface area contributed by atoms with E-state index in [0.29, 0.717) is 11.3 Å². The number of benzene rings is 2. The Kier molecular flexibility index (Phi) is 5.07. The molecule has 0 saturated carbocycles. The summed E-state index contributed by atoms with van der Waals surface area (Å²) in [7, 11) is -3.69. The molecule has 7 heteroatoms. The monoisotopic (exact) mass is 369 g/mol. The minimum absolute atomic E-state index is 0.0154. The van der Waals surface area contributed by atoms with Crippen LogP contribution in [-0.4, -0.2) is 20.9 Å². The quantitative estimate of drug-likeness (QED) is 0.533. The van der Waals surface area contributed by atoms with Gasteiger partial charge < -0.3 is 9.15 Å². The molecule has 26 heavy (non-hydrogen) atoms. The molecule has 0 atom stereocenters. The third-order valence-electron chi connectivity index (χ3n) is 3.59. The zero-order valence-electron chi connectivity index (χ0n) is 13.6. The molecule has 0 saturated heterocycles. The first-order chi connectivity index (χ1) is 12.5. The summed E-state index contributed by atoms with van der Waals surface area (Å²) in [5.41, 5.74) is 0.949. The summed E-state index contributed by atoms with van der Waals surface area (Å²) in [6.07, 6.45) is 5.04. The predicted molar refractivity (Wildman–Crippen MR) is 95.8 cm³/mol. The summed E-state index contributed by atoms with van der Waals surface area (Å²) in [5.74, 6) is 2.14. The molecule has 3 aromatic rings. The standard InChI is InChI=1S/C19H15NO5S/c1-2-11-20-26(22,23)17-9-7-14(8-10-17)19(21)24-13-16-12-15-5-3-4-6-18(15)25-16/h1,3-10,12,20H,11,13H2. The Labute approximate surface area is 150 Å². The van der Waals surface area contributed by atoms with Crippen LogP contribution in [0.4, 0.5) is 0 Å². The topological polar surface area (TPSA) is 85.6 Å². The molecule has 1 N–H and O–H groups in total. The predicted octanol–water partition coefficient (Wildman–Crippen LogP) is 2.70. The molecule has 0 bridgehead atoms. The van der Waals surface area contributed by atoms with E-state index in [0.717, 1.165) is 5.39 Å². The van der Waals surface area contributed by atoms with Gasteiger partial charge in [0.15, 0.2) is 0 Å². The molecule has 0 fully saturated rings. The van der Waals surface area contributed by atoms with Crippen molar-refractivity contribution in [2.75, 3.05) is 6.54 Å². The first kappa shape index (κ1) is 17.7. The summed E-state index contributed by atoms with van der Waals surface area (Å²) in [5, 5.41) is 0.924. The van der Waals surface area contributed by atoms with Gasteiger partial charge in [-0.25, -0.2) is 13.2 Å². The van der Waals surface area contributed by atoms with E-state index in [4.69, 9.17) is 15.6 Å². The highest BCUT2D eigenvalue weighted by atomic mass is 32.2. The molecule has 2 aromatic carbocycles. The number of furan rings is 1. The number of hydrogen-bond acceptors (Lipinski definition) is 5. The summed E-state index contributed by atoms with van der Waals surface area (Å²) < 4.78 is 36.9. The van der Waals surface area contributed by atoms with Gasteiger partial charge in [-0.05, 0) is 36.4 Å². The number of sulfonamides is 1. The van der Waals surface area contributed by atoms with Crippen molar-refractivity contribution in [1.82, 2.24) is 4.72 Å². The largest absolute Gasteiger partial charge is 0.457 e. The normalized spacial score (nSPS) is 11.2. The lowest BCUT2D eigenvalue weighted by Crippen LogP contribution is -2.23. The molecule has 0 aliphatic carbocycles. The molecule has 3 rings (SSSR count). The van der Waals surface area contributed by atoms with E-state index in [1.807, 2.05) is 24.3 Å². The maximum atomic E-state index is 12.1. The van der Waals surface area contributed by atoms with Gasteiger partial charge in [0.2, 0.25) is 10.0 Å². The Morgan fingerprint density at radius 1 is 1.15 bits per heavy atom. The van der Waals surface area contributed by atoms with E-state index in [9.17, 15) is 13.2 Å². The van der Waals surface area contributed by atoms with E-state index in [2.05, 4.69) is 10.6 Å². The third-order valence-corrected chi connectivity index (χ3v) is 5.00. The van der Waals surface area contributed by atoms with Crippen molar-refractivity contribution in [2.24, 2.45) is 0 Å². The van der Waals surface area contributed by atoms with Crippen LogP contribution in [0.15, 0.2) is 63.9 Å². The molecule has 0 aliphatic rings. The lowest BCUT2D eigenvalue weighted by molar-refractivity contribution is 0.0447. The second-order valence-corrected chi connectivity index (χ2v) is 7.15. The molecule has 0 unspecified atom stereocenters. The number of rotatable bonds is 6. The average molecular weight is 369 g/mol. The molecule has 6 nitrogen and oxygen atoms in total. The van der Waals surface area contributed by atoms with Crippen LogP contribution < -0.4 is 4.72 Å². The molecule has 132 valence electrons. The second kappa shape index (κ2) is 7.44. The minimum Gasteiger partial charge on any atom is -0.457 e. The fourth-order valence-corrected chi connectivity index (χ4v) is 3.25. The van der Waals surface area contributed by atoms with Gasteiger partial charge >= 0.3 is 5.97 Å². The number of carbonyl (C=O) groups excluding carboxylic acids is 1. The SMILES string of the molecule is C#CCNS(=O)(=O)c1ccc(C(=O)OCc2cc3ccccc3o2)cc1. The number of esters is 1. The van der Waals surface area contributed by atoms with Gasteiger partial charge in [0.1, 0.15) is 18.0 Å². The fourth-order valence-electron chi connectivity index (χ4n) is 2.32. The Hall–Kier alpha value is -3.08. The fraction of sp³-hybridized carbons (Fsp3) is 0.105. The van der Waals surface area contributed by atoms with Gasteiger partial charge in [0.25, 0.3) is 0 Å². The molecular formula is C19H15NO5S. The van der Waals surface area contributed by atoms with Crippen molar-refractivity contribution in [3.63, 3.8) is 0 Å². The van der Waals surface area contributed by atoms with Crippen molar-refractivity contribution in [3.05, 3.63) is 65.9 Å². The molecule has 0 amide bonds. The Balaban J connectivity index is 1.65.